The van der Waals surface area contributed by atoms with Gasteiger partial charge in [0.15, 0.2) is 11.9 Å². The van der Waals surface area contributed by atoms with Gasteiger partial charge in [-0.3, -0.25) is 14.8 Å². The van der Waals surface area contributed by atoms with Crippen LogP contribution in [0, 0.1) is 0 Å². The summed E-state index contributed by atoms with van der Waals surface area (Å²) in [7, 11) is 0. The van der Waals surface area contributed by atoms with E-state index in [1.54, 1.807) is 0 Å². The summed E-state index contributed by atoms with van der Waals surface area (Å²) in [6, 6.07) is -3.76. The van der Waals surface area contributed by atoms with Crippen molar-refractivity contribution in [2.45, 2.75) is 50.2 Å². The molecule has 0 aliphatic carbocycles. The van der Waals surface area contributed by atoms with E-state index in [4.69, 9.17) is 40.1 Å². The van der Waals surface area contributed by atoms with Gasteiger partial charge in [0.2, 0.25) is 0 Å². The highest BCUT2D eigenvalue weighted by Crippen LogP contribution is 2.03. The molecule has 0 aromatic heterocycles. The number of rotatable bonds is 13. The largest absolute Gasteiger partial charge is 0.392 e. The van der Waals surface area contributed by atoms with Gasteiger partial charge in [0.05, 0.1) is 6.42 Å². The number of aliphatic imine (C=N–C) groups is 2. The van der Waals surface area contributed by atoms with Crippen LogP contribution in [0.5, 0.6) is 0 Å². The Morgan fingerprint density at radius 2 is 1.03 bits per heavy atom. The number of nitrogens with two attached hydrogens (primary N) is 7. The Bertz CT molecular complexity index is 689. The van der Waals surface area contributed by atoms with Crippen LogP contribution in [0.25, 0.3) is 0 Å². The van der Waals surface area contributed by atoms with Crippen molar-refractivity contribution < 1.29 is 28.7 Å². The van der Waals surface area contributed by atoms with E-state index in [1.807, 2.05) is 0 Å². The molecule has 0 aliphatic rings. The lowest BCUT2D eigenvalue weighted by molar-refractivity contribution is -0.167. The summed E-state index contributed by atoms with van der Waals surface area (Å²) in [5, 5.41) is 0. The van der Waals surface area contributed by atoms with Crippen LogP contribution in [0.15, 0.2) is 9.98 Å². The van der Waals surface area contributed by atoms with Crippen LogP contribution < -0.4 is 40.1 Å². The van der Waals surface area contributed by atoms with Crippen molar-refractivity contribution in [3.05, 3.63) is 0 Å². The fourth-order valence-electron chi connectivity index (χ4n) is 2.02. The molecule has 15 heteroatoms. The molecule has 0 aliphatic heterocycles. The molecule has 0 spiro atoms. The van der Waals surface area contributed by atoms with Crippen LogP contribution in [-0.2, 0) is 28.7 Å². The van der Waals surface area contributed by atoms with Gasteiger partial charge in [-0.05, 0) is 25.7 Å². The van der Waals surface area contributed by atoms with Gasteiger partial charge >= 0.3 is 23.9 Å². The molecule has 0 fully saturated rings. The molecule has 0 saturated heterocycles. The number of hydrogen-bond acceptors (Lipinski definition) is 11. The molecular formula is C16H31N9O6. The predicted molar refractivity (Wildman–Crippen MR) is 111 cm³/mol. The van der Waals surface area contributed by atoms with Crippen LogP contribution in [0.1, 0.15) is 32.1 Å². The van der Waals surface area contributed by atoms with Gasteiger partial charge in [0.1, 0.15) is 18.1 Å². The van der Waals surface area contributed by atoms with E-state index in [0.29, 0.717) is 12.8 Å². The number of carbonyl (C=O) groups excluding carboxylic acids is 4. The molecular weight excluding hydrogens is 414 g/mol. The normalized spacial score (nSPS) is 13.3. The summed E-state index contributed by atoms with van der Waals surface area (Å²) in [5.74, 6) is -4.54. The van der Waals surface area contributed by atoms with Crippen LogP contribution in [0.2, 0.25) is 0 Å². The first-order valence-electron chi connectivity index (χ1n) is 9.31. The maximum absolute atomic E-state index is 11.8. The van der Waals surface area contributed by atoms with Crippen molar-refractivity contribution in [3.63, 3.8) is 0 Å². The summed E-state index contributed by atoms with van der Waals surface area (Å²) in [5.41, 5.74) is 37.3. The molecule has 176 valence electrons. The fourth-order valence-corrected chi connectivity index (χ4v) is 2.02. The quantitative estimate of drug-likeness (QED) is 0.0463. The molecule has 0 bridgehead atoms. The molecule has 0 rings (SSSR count). The van der Waals surface area contributed by atoms with Crippen molar-refractivity contribution in [2.24, 2.45) is 50.1 Å². The van der Waals surface area contributed by atoms with E-state index in [9.17, 15) is 19.2 Å². The Labute approximate surface area is 178 Å². The standard InChI is InChI=1S/C16H31N9O6/c17-8(3-1-5-24-15(20)21)12(27)30-11(26)7-10(19)14(29)31-13(28)9(18)4-2-6-25-16(22)23/h8-10H,1-7,17-19H2,(H4,20,21,24)(H4,22,23,25). The number of esters is 4. The van der Waals surface area contributed by atoms with Gasteiger partial charge in [-0.1, -0.05) is 0 Å². The third-order valence-electron chi connectivity index (χ3n) is 3.65. The maximum Gasteiger partial charge on any atom is 0.331 e. The lowest BCUT2D eigenvalue weighted by atomic mass is 10.1. The fraction of sp³-hybridized carbons (Fsp3) is 0.625. The van der Waals surface area contributed by atoms with Gasteiger partial charge in [0, 0.05) is 13.1 Å². The number of ether oxygens (including phenoxy) is 2. The Morgan fingerprint density at radius 1 is 0.645 bits per heavy atom. The Kier molecular flexibility index (Phi) is 13.1. The molecule has 14 N–H and O–H groups in total. The van der Waals surface area contributed by atoms with Crippen molar-refractivity contribution in [3.8, 4) is 0 Å². The Hall–Kier alpha value is -3.30. The Balaban J connectivity index is 4.32. The molecule has 0 amide bonds. The van der Waals surface area contributed by atoms with E-state index in [1.165, 1.54) is 0 Å². The minimum atomic E-state index is -1.55. The molecule has 0 heterocycles. The van der Waals surface area contributed by atoms with Crippen LogP contribution in [0.3, 0.4) is 0 Å². The summed E-state index contributed by atoms with van der Waals surface area (Å²) in [4.78, 5) is 54.6. The van der Waals surface area contributed by atoms with Crippen molar-refractivity contribution in [1.29, 1.82) is 0 Å². The second-order valence-corrected chi connectivity index (χ2v) is 6.45. The number of hydrogen-bond donors (Lipinski definition) is 7. The minimum Gasteiger partial charge on any atom is -0.392 e. The Morgan fingerprint density at radius 3 is 1.45 bits per heavy atom. The van der Waals surface area contributed by atoms with E-state index >= 15 is 0 Å². The predicted octanol–water partition coefficient (Wildman–Crippen LogP) is -4.39. The zero-order chi connectivity index (χ0) is 24.0. The van der Waals surface area contributed by atoms with Crippen molar-refractivity contribution in [2.75, 3.05) is 13.1 Å². The van der Waals surface area contributed by atoms with E-state index in [2.05, 4.69) is 19.5 Å². The topological polar surface area (TPSA) is 294 Å². The first-order valence-corrected chi connectivity index (χ1v) is 9.31. The van der Waals surface area contributed by atoms with Crippen molar-refractivity contribution in [1.82, 2.24) is 0 Å². The lowest BCUT2D eigenvalue weighted by Gasteiger charge is -2.13. The minimum absolute atomic E-state index is 0.0995. The number of guanidine groups is 2. The maximum atomic E-state index is 11.8. The summed E-state index contributed by atoms with van der Waals surface area (Å²) in [6.45, 7) is 0.492. The third kappa shape index (κ3) is 13.5. The highest BCUT2D eigenvalue weighted by atomic mass is 16.6. The zero-order valence-electron chi connectivity index (χ0n) is 17.1. The van der Waals surface area contributed by atoms with E-state index in [0.717, 1.165) is 0 Å². The van der Waals surface area contributed by atoms with Gasteiger partial charge in [-0.25, -0.2) is 14.4 Å². The van der Waals surface area contributed by atoms with Gasteiger partial charge in [0.25, 0.3) is 0 Å². The third-order valence-corrected chi connectivity index (χ3v) is 3.65. The first-order chi connectivity index (χ1) is 14.4. The zero-order valence-corrected chi connectivity index (χ0v) is 17.1. The SMILES string of the molecule is NC(N)=NCCCC(N)C(=O)OC(=O)CC(N)C(=O)OC(=O)C(N)CCCN=C(N)N. The summed E-state index contributed by atoms with van der Waals surface area (Å²) >= 11 is 0. The molecule has 0 saturated carbocycles. The van der Waals surface area contributed by atoms with Crippen LogP contribution in [0.4, 0.5) is 0 Å². The monoisotopic (exact) mass is 445 g/mol. The second kappa shape index (κ2) is 14.6. The van der Waals surface area contributed by atoms with E-state index < -0.39 is 48.4 Å². The average molecular weight is 445 g/mol. The number of carbonyl (C=O) groups is 4. The molecule has 3 atom stereocenters. The molecule has 31 heavy (non-hydrogen) atoms. The molecule has 0 aromatic carbocycles. The molecule has 3 unspecified atom stereocenters. The van der Waals surface area contributed by atoms with Gasteiger partial charge in [-0.2, -0.15) is 0 Å². The number of nitrogens with zero attached hydrogens (tertiary/aromatic N) is 2. The van der Waals surface area contributed by atoms with Gasteiger partial charge in [-0.15, -0.1) is 0 Å². The highest BCUT2D eigenvalue weighted by Gasteiger charge is 2.27. The molecule has 0 aromatic rings. The molecule has 0 radical (unpaired) electrons. The van der Waals surface area contributed by atoms with E-state index in [-0.39, 0.29) is 37.9 Å². The van der Waals surface area contributed by atoms with Crippen molar-refractivity contribution >= 4 is 35.8 Å². The van der Waals surface area contributed by atoms with Crippen LogP contribution >= 0.6 is 0 Å². The summed E-state index contributed by atoms with van der Waals surface area (Å²) < 4.78 is 9.06. The highest BCUT2D eigenvalue weighted by molar-refractivity contribution is 5.94. The summed E-state index contributed by atoms with van der Waals surface area (Å²) in [6.07, 6.45) is 0.345. The first kappa shape index (κ1) is 27.7. The van der Waals surface area contributed by atoms with Gasteiger partial charge < -0.3 is 49.6 Å². The lowest BCUT2D eigenvalue weighted by Crippen LogP contribution is -2.41. The molecule has 15 nitrogen and oxygen atoms in total. The smallest absolute Gasteiger partial charge is 0.331 e. The second-order valence-electron chi connectivity index (χ2n) is 6.45. The average Bonchev–Trinajstić information content (AvgIpc) is 2.67. The van der Waals surface area contributed by atoms with Crippen LogP contribution in [-0.4, -0.2) is 67.0 Å².